The Morgan fingerprint density at radius 1 is 0.966 bits per heavy atom. The Morgan fingerprint density at radius 2 is 1.62 bits per heavy atom. The minimum atomic E-state index is -0.627. The quantitative estimate of drug-likeness (QED) is 0.216. The monoisotopic (exact) mass is 427 g/mol. The van der Waals surface area contributed by atoms with E-state index < -0.39 is 17.5 Å². The Labute approximate surface area is 175 Å². The number of hydrogen-bond acceptors (Lipinski definition) is 6. The summed E-state index contributed by atoms with van der Waals surface area (Å²) in [6, 6.07) is 19.1. The van der Waals surface area contributed by atoms with Crippen molar-refractivity contribution >= 4 is 40.8 Å². The second-order valence-corrected chi connectivity index (χ2v) is 7.41. The average molecular weight is 428 g/mol. The van der Waals surface area contributed by atoms with Crippen LogP contribution in [0.25, 0.3) is 0 Å². The summed E-state index contributed by atoms with van der Waals surface area (Å²) >= 11 is 7.07. The number of carbonyl (C=O) groups is 2. The van der Waals surface area contributed by atoms with Crippen molar-refractivity contribution in [2.24, 2.45) is 0 Å². The summed E-state index contributed by atoms with van der Waals surface area (Å²) < 4.78 is 5.18. The molecule has 0 saturated carbocycles. The van der Waals surface area contributed by atoms with Crippen molar-refractivity contribution in [3.8, 4) is 0 Å². The Morgan fingerprint density at radius 3 is 2.28 bits per heavy atom. The molecule has 146 valence electrons. The van der Waals surface area contributed by atoms with E-state index in [4.69, 9.17) is 16.3 Å². The molecule has 8 heteroatoms. The molecule has 0 amide bonds. The lowest BCUT2D eigenvalue weighted by atomic mass is 10.1. The van der Waals surface area contributed by atoms with E-state index in [1.807, 2.05) is 0 Å². The van der Waals surface area contributed by atoms with Crippen LogP contribution < -0.4 is 0 Å². The summed E-state index contributed by atoms with van der Waals surface area (Å²) in [4.78, 5) is 36.3. The number of non-ortho nitro benzene ring substituents is 1. The molecule has 0 radical (unpaired) electrons. The summed E-state index contributed by atoms with van der Waals surface area (Å²) in [5, 5.41) is 11.3. The Balaban J connectivity index is 1.69. The van der Waals surface area contributed by atoms with Gasteiger partial charge in [-0.2, -0.15) is 0 Å². The highest BCUT2D eigenvalue weighted by Gasteiger charge is 2.16. The minimum Gasteiger partial charge on any atom is -0.454 e. The Hall–Kier alpha value is -3.16. The predicted molar refractivity (Wildman–Crippen MR) is 110 cm³/mol. The summed E-state index contributed by atoms with van der Waals surface area (Å²) in [5.74, 6) is -0.965. The van der Waals surface area contributed by atoms with Gasteiger partial charge in [0.05, 0.1) is 10.5 Å². The molecule has 0 fully saturated rings. The molecule has 3 aromatic carbocycles. The number of nitro benzene ring substituents is 1. The number of benzene rings is 3. The molecule has 0 N–H and O–H groups in total. The Bertz CT molecular complexity index is 1050. The fourth-order valence-electron chi connectivity index (χ4n) is 2.42. The van der Waals surface area contributed by atoms with Crippen LogP contribution in [0.15, 0.2) is 82.6 Å². The van der Waals surface area contributed by atoms with Crippen molar-refractivity contribution in [2.75, 3.05) is 6.61 Å². The van der Waals surface area contributed by atoms with Crippen LogP contribution in [0.1, 0.15) is 20.7 Å². The fourth-order valence-corrected chi connectivity index (χ4v) is 3.48. The van der Waals surface area contributed by atoms with Gasteiger partial charge in [-0.3, -0.25) is 14.9 Å². The largest absolute Gasteiger partial charge is 0.454 e. The van der Waals surface area contributed by atoms with Gasteiger partial charge in [0.15, 0.2) is 12.4 Å². The number of carbonyl (C=O) groups excluding carboxylic acids is 2. The van der Waals surface area contributed by atoms with Crippen LogP contribution in [0.5, 0.6) is 0 Å². The molecule has 29 heavy (non-hydrogen) atoms. The van der Waals surface area contributed by atoms with Crippen LogP contribution in [0.2, 0.25) is 5.02 Å². The van der Waals surface area contributed by atoms with Crippen molar-refractivity contribution < 1.29 is 19.2 Å². The highest BCUT2D eigenvalue weighted by molar-refractivity contribution is 7.99. The molecule has 3 rings (SSSR count). The van der Waals surface area contributed by atoms with Crippen LogP contribution in [0.4, 0.5) is 5.69 Å². The van der Waals surface area contributed by atoms with Crippen molar-refractivity contribution in [1.29, 1.82) is 0 Å². The average Bonchev–Trinajstić information content (AvgIpc) is 2.73. The van der Waals surface area contributed by atoms with Gasteiger partial charge in [-0.25, -0.2) is 4.79 Å². The van der Waals surface area contributed by atoms with Crippen molar-refractivity contribution in [3.63, 3.8) is 0 Å². The molecule has 0 aliphatic heterocycles. The first kappa shape index (κ1) is 20.6. The van der Waals surface area contributed by atoms with Crippen LogP contribution in [0.3, 0.4) is 0 Å². The molecular weight excluding hydrogens is 414 g/mol. The maximum atomic E-state index is 12.5. The zero-order valence-electron chi connectivity index (χ0n) is 14.9. The molecule has 0 spiro atoms. The lowest BCUT2D eigenvalue weighted by Crippen LogP contribution is -2.14. The maximum Gasteiger partial charge on any atom is 0.339 e. The molecule has 0 bridgehead atoms. The molecule has 6 nitrogen and oxygen atoms in total. The number of ether oxygens (including phenoxy) is 1. The zero-order chi connectivity index (χ0) is 20.8. The summed E-state index contributed by atoms with van der Waals surface area (Å²) in [6.45, 7) is -0.392. The van der Waals surface area contributed by atoms with Gasteiger partial charge in [0, 0.05) is 32.5 Å². The molecular formula is C21H14ClNO5S. The Kier molecular flexibility index (Phi) is 6.64. The third kappa shape index (κ3) is 5.43. The van der Waals surface area contributed by atoms with Gasteiger partial charge in [0.2, 0.25) is 0 Å². The normalized spacial score (nSPS) is 10.4. The fraction of sp³-hybridized carbons (Fsp3) is 0.0476. The van der Waals surface area contributed by atoms with E-state index in [0.717, 1.165) is 4.90 Å². The van der Waals surface area contributed by atoms with E-state index in [2.05, 4.69) is 0 Å². The molecule has 0 saturated heterocycles. The highest BCUT2D eigenvalue weighted by atomic mass is 35.5. The van der Waals surface area contributed by atoms with Gasteiger partial charge in [-0.05, 0) is 48.5 Å². The molecule has 0 heterocycles. The molecule has 0 aromatic heterocycles. The van der Waals surface area contributed by atoms with Gasteiger partial charge in [0.1, 0.15) is 0 Å². The number of hydrogen-bond donors (Lipinski definition) is 0. The lowest BCUT2D eigenvalue weighted by molar-refractivity contribution is -0.384. The third-order valence-corrected chi connectivity index (χ3v) is 5.22. The van der Waals surface area contributed by atoms with Gasteiger partial charge in [-0.15, -0.1) is 0 Å². The van der Waals surface area contributed by atoms with E-state index in [1.165, 1.54) is 23.9 Å². The SMILES string of the molecule is O=C(COC(=O)c1ccccc1Sc1ccc([N+](=O)[O-])cc1)c1ccc(Cl)cc1. The third-order valence-electron chi connectivity index (χ3n) is 3.88. The first-order chi connectivity index (χ1) is 13.9. The number of ketones is 1. The summed E-state index contributed by atoms with van der Waals surface area (Å²) in [6.07, 6.45) is 0. The first-order valence-electron chi connectivity index (χ1n) is 8.41. The van der Waals surface area contributed by atoms with Gasteiger partial charge in [0.25, 0.3) is 5.69 Å². The molecule has 0 aliphatic rings. The second-order valence-electron chi connectivity index (χ2n) is 5.86. The number of nitro groups is 1. The van der Waals surface area contributed by atoms with Crippen LogP contribution in [-0.4, -0.2) is 23.3 Å². The molecule has 0 aliphatic carbocycles. The van der Waals surface area contributed by atoms with Crippen LogP contribution in [0, 0.1) is 10.1 Å². The molecule has 0 atom stereocenters. The van der Waals surface area contributed by atoms with E-state index in [-0.39, 0.29) is 11.5 Å². The molecule has 0 unspecified atom stereocenters. The van der Waals surface area contributed by atoms with Crippen LogP contribution in [-0.2, 0) is 4.74 Å². The van der Waals surface area contributed by atoms with E-state index in [1.54, 1.807) is 60.7 Å². The predicted octanol–water partition coefficient (Wildman–Crippen LogP) is 5.44. The number of nitrogens with zero attached hydrogens (tertiary/aromatic N) is 1. The maximum absolute atomic E-state index is 12.5. The summed E-state index contributed by atoms with van der Waals surface area (Å²) in [7, 11) is 0. The first-order valence-corrected chi connectivity index (χ1v) is 9.61. The number of Topliss-reactive ketones (excluding diaryl/α,β-unsaturated/α-hetero) is 1. The van der Waals surface area contributed by atoms with E-state index in [9.17, 15) is 19.7 Å². The smallest absolute Gasteiger partial charge is 0.339 e. The van der Waals surface area contributed by atoms with Crippen LogP contribution >= 0.6 is 23.4 Å². The summed E-state index contributed by atoms with van der Waals surface area (Å²) in [5.41, 5.74) is 0.693. The lowest BCUT2D eigenvalue weighted by Gasteiger charge is -2.09. The molecule has 3 aromatic rings. The van der Waals surface area contributed by atoms with Crippen molar-refractivity contribution in [2.45, 2.75) is 9.79 Å². The van der Waals surface area contributed by atoms with E-state index >= 15 is 0 Å². The highest BCUT2D eigenvalue weighted by Crippen LogP contribution is 2.31. The number of halogens is 1. The van der Waals surface area contributed by atoms with Crippen molar-refractivity contribution in [1.82, 2.24) is 0 Å². The number of rotatable bonds is 7. The van der Waals surface area contributed by atoms with Gasteiger partial charge in [-0.1, -0.05) is 35.5 Å². The second kappa shape index (κ2) is 9.36. The zero-order valence-corrected chi connectivity index (χ0v) is 16.5. The minimum absolute atomic E-state index is 0.0113. The number of esters is 1. The standard InChI is InChI=1S/C21H14ClNO5S/c22-15-7-5-14(6-8-15)19(24)13-28-21(25)18-3-1-2-4-20(18)29-17-11-9-16(10-12-17)23(26)27/h1-12H,13H2. The van der Waals surface area contributed by atoms with E-state index in [0.29, 0.717) is 21.0 Å². The van der Waals surface area contributed by atoms with Gasteiger partial charge >= 0.3 is 5.97 Å². The van der Waals surface area contributed by atoms with Gasteiger partial charge < -0.3 is 4.74 Å². The van der Waals surface area contributed by atoms with Crippen molar-refractivity contribution in [3.05, 3.63) is 99.1 Å². The topological polar surface area (TPSA) is 86.5 Å².